The minimum absolute atomic E-state index is 0.248. The van der Waals surface area contributed by atoms with E-state index in [0.29, 0.717) is 12.3 Å². The van der Waals surface area contributed by atoms with Gasteiger partial charge < -0.3 is 15.4 Å². The highest BCUT2D eigenvalue weighted by molar-refractivity contribution is 5.89. The Hall–Kier alpha value is -3.27. The molecule has 0 aliphatic carbocycles. The van der Waals surface area contributed by atoms with E-state index in [-0.39, 0.29) is 6.03 Å². The van der Waals surface area contributed by atoms with E-state index < -0.39 is 5.54 Å². The Morgan fingerprint density at radius 2 is 1.44 bits per heavy atom. The number of ether oxygens (including phenoxy) is 1. The first kappa shape index (κ1) is 18.5. The summed E-state index contributed by atoms with van der Waals surface area (Å²) in [5.41, 5.74) is 2.40. The van der Waals surface area contributed by atoms with Crippen LogP contribution in [-0.2, 0) is 12.1 Å². The first-order valence-corrected chi connectivity index (χ1v) is 8.94. The van der Waals surface area contributed by atoms with E-state index in [9.17, 15) is 4.79 Å². The molecule has 4 heteroatoms. The summed E-state index contributed by atoms with van der Waals surface area (Å²) in [7, 11) is 0. The van der Waals surface area contributed by atoms with Crippen molar-refractivity contribution < 1.29 is 9.53 Å². The molecule has 3 rings (SSSR count). The summed E-state index contributed by atoms with van der Waals surface area (Å²) < 4.78 is 5.76. The molecule has 4 nitrogen and oxygen atoms in total. The molecule has 0 aliphatic rings. The maximum absolute atomic E-state index is 12.3. The second-order valence-electron chi connectivity index (χ2n) is 6.87. The van der Waals surface area contributed by atoms with Crippen LogP contribution in [0.2, 0.25) is 0 Å². The number of hydrogen-bond acceptors (Lipinski definition) is 2. The largest absolute Gasteiger partial charge is 0.489 e. The van der Waals surface area contributed by atoms with Crippen LogP contribution in [0, 0.1) is 0 Å². The summed E-state index contributed by atoms with van der Waals surface area (Å²) in [5, 5.41) is 5.86. The first-order chi connectivity index (χ1) is 13.0. The number of rotatable bonds is 6. The van der Waals surface area contributed by atoms with Gasteiger partial charge in [-0.2, -0.15) is 0 Å². The molecule has 0 aromatic heterocycles. The van der Waals surface area contributed by atoms with Crippen LogP contribution < -0.4 is 15.4 Å². The highest BCUT2D eigenvalue weighted by Crippen LogP contribution is 2.20. The lowest BCUT2D eigenvalue weighted by Crippen LogP contribution is -2.43. The van der Waals surface area contributed by atoms with E-state index in [1.807, 2.05) is 98.8 Å². The second kappa shape index (κ2) is 8.41. The van der Waals surface area contributed by atoms with E-state index in [0.717, 1.165) is 16.9 Å². The number of amides is 2. The maximum Gasteiger partial charge on any atom is 0.319 e. The molecule has 0 spiro atoms. The Labute approximate surface area is 160 Å². The normalized spacial score (nSPS) is 10.9. The van der Waals surface area contributed by atoms with Crippen molar-refractivity contribution in [2.75, 3.05) is 5.32 Å². The summed E-state index contributed by atoms with van der Waals surface area (Å²) in [5.74, 6) is 0.759. The zero-order valence-electron chi connectivity index (χ0n) is 15.6. The first-order valence-electron chi connectivity index (χ1n) is 8.94. The Bertz CT molecular complexity index is 860. The van der Waals surface area contributed by atoms with Crippen LogP contribution in [0.5, 0.6) is 5.75 Å². The predicted molar refractivity (Wildman–Crippen MR) is 109 cm³/mol. The summed E-state index contributed by atoms with van der Waals surface area (Å²) in [6.45, 7) is 4.46. The molecule has 0 unspecified atom stereocenters. The van der Waals surface area contributed by atoms with Gasteiger partial charge in [0.25, 0.3) is 0 Å². The third-order valence-electron chi connectivity index (χ3n) is 4.28. The molecular formula is C23H24N2O2. The van der Waals surface area contributed by atoms with E-state index in [1.54, 1.807) is 0 Å². The number of carbonyl (C=O) groups excluding carboxylic acids is 1. The topological polar surface area (TPSA) is 50.4 Å². The molecule has 0 fully saturated rings. The molecule has 0 aliphatic heterocycles. The average Bonchev–Trinajstić information content (AvgIpc) is 2.68. The van der Waals surface area contributed by atoms with Crippen molar-refractivity contribution in [2.24, 2.45) is 0 Å². The smallest absolute Gasteiger partial charge is 0.319 e. The van der Waals surface area contributed by atoms with Crippen molar-refractivity contribution in [1.29, 1.82) is 0 Å². The number of anilines is 1. The lowest BCUT2D eigenvalue weighted by Gasteiger charge is -2.27. The maximum atomic E-state index is 12.3. The van der Waals surface area contributed by atoms with Crippen molar-refractivity contribution in [3.05, 3.63) is 96.1 Å². The van der Waals surface area contributed by atoms with Crippen LogP contribution in [-0.4, -0.2) is 6.03 Å². The fourth-order valence-electron chi connectivity index (χ4n) is 2.75. The summed E-state index contributed by atoms with van der Waals surface area (Å²) in [4.78, 5) is 12.3. The zero-order valence-corrected chi connectivity index (χ0v) is 15.6. The van der Waals surface area contributed by atoms with E-state index in [2.05, 4.69) is 10.6 Å². The summed E-state index contributed by atoms with van der Waals surface area (Å²) in [6.07, 6.45) is 0. The van der Waals surface area contributed by atoms with Crippen LogP contribution in [0.4, 0.5) is 10.5 Å². The van der Waals surface area contributed by atoms with Gasteiger partial charge in [-0.3, -0.25) is 0 Å². The molecule has 0 saturated carbocycles. The second-order valence-corrected chi connectivity index (χ2v) is 6.87. The minimum atomic E-state index is -0.468. The van der Waals surface area contributed by atoms with Crippen LogP contribution in [0.1, 0.15) is 25.0 Å². The summed E-state index contributed by atoms with van der Waals surface area (Å²) >= 11 is 0. The molecule has 3 aromatic rings. The lowest BCUT2D eigenvalue weighted by atomic mass is 9.95. The molecule has 0 bridgehead atoms. The highest BCUT2D eigenvalue weighted by atomic mass is 16.5. The van der Waals surface area contributed by atoms with E-state index >= 15 is 0 Å². The Morgan fingerprint density at radius 3 is 2.07 bits per heavy atom. The van der Waals surface area contributed by atoms with Crippen LogP contribution in [0.15, 0.2) is 84.9 Å². The fourth-order valence-corrected chi connectivity index (χ4v) is 2.75. The third kappa shape index (κ3) is 5.35. The molecule has 0 atom stereocenters. The van der Waals surface area contributed by atoms with Gasteiger partial charge in [-0.05, 0) is 49.2 Å². The molecule has 27 heavy (non-hydrogen) atoms. The van der Waals surface area contributed by atoms with E-state index in [1.165, 1.54) is 0 Å². The van der Waals surface area contributed by atoms with Crippen molar-refractivity contribution in [1.82, 2.24) is 5.32 Å². The predicted octanol–water partition coefficient (Wildman–Crippen LogP) is 5.32. The monoisotopic (exact) mass is 360 g/mol. The molecule has 3 aromatic carbocycles. The SMILES string of the molecule is CC(C)(NC(=O)Nc1ccc(OCc2ccccc2)cc1)c1ccccc1. The molecule has 0 heterocycles. The average molecular weight is 360 g/mol. The van der Waals surface area contributed by atoms with Crippen LogP contribution >= 0.6 is 0 Å². The van der Waals surface area contributed by atoms with Gasteiger partial charge in [0.2, 0.25) is 0 Å². The third-order valence-corrected chi connectivity index (χ3v) is 4.28. The van der Waals surface area contributed by atoms with Crippen molar-refractivity contribution in [2.45, 2.75) is 26.0 Å². The number of hydrogen-bond donors (Lipinski definition) is 2. The van der Waals surface area contributed by atoms with Crippen LogP contribution in [0.25, 0.3) is 0 Å². The van der Waals surface area contributed by atoms with Crippen molar-refractivity contribution >= 4 is 11.7 Å². The van der Waals surface area contributed by atoms with Gasteiger partial charge in [0.1, 0.15) is 12.4 Å². The highest BCUT2D eigenvalue weighted by Gasteiger charge is 2.22. The number of carbonyl (C=O) groups is 1. The number of benzene rings is 3. The molecule has 0 radical (unpaired) electrons. The molecule has 2 amide bonds. The molecule has 2 N–H and O–H groups in total. The van der Waals surface area contributed by atoms with Gasteiger partial charge in [0.05, 0.1) is 5.54 Å². The van der Waals surface area contributed by atoms with Crippen LogP contribution in [0.3, 0.4) is 0 Å². The number of urea groups is 1. The van der Waals surface area contributed by atoms with Gasteiger partial charge in [0.15, 0.2) is 0 Å². The Morgan fingerprint density at radius 1 is 0.852 bits per heavy atom. The molecular weight excluding hydrogens is 336 g/mol. The van der Waals surface area contributed by atoms with Gasteiger partial charge in [0, 0.05) is 5.69 Å². The molecule has 0 saturated heterocycles. The van der Waals surface area contributed by atoms with Gasteiger partial charge in [-0.25, -0.2) is 4.79 Å². The van der Waals surface area contributed by atoms with Crippen molar-refractivity contribution in [3.63, 3.8) is 0 Å². The Balaban J connectivity index is 1.54. The quantitative estimate of drug-likeness (QED) is 0.625. The van der Waals surface area contributed by atoms with Gasteiger partial charge in [-0.1, -0.05) is 60.7 Å². The zero-order chi connectivity index (χ0) is 19.1. The standard InChI is InChI=1S/C23H24N2O2/c1-23(2,19-11-7-4-8-12-19)25-22(26)24-20-13-15-21(16-14-20)27-17-18-9-5-3-6-10-18/h3-16H,17H2,1-2H3,(H2,24,25,26). The number of nitrogens with one attached hydrogen (secondary N) is 2. The summed E-state index contributed by atoms with van der Waals surface area (Å²) in [6, 6.07) is 27.0. The van der Waals surface area contributed by atoms with Crippen molar-refractivity contribution in [3.8, 4) is 5.75 Å². The fraction of sp³-hybridized carbons (Fsp3) is 0.174. The minimum Gasteiger partial charge on any atom is -0.489 e. The molecule has 138 valence electrons. The van der Waals surface area contributed by atoms with Gasteiger partial charge in [-0.15, -0.1) is 0 Å². The van der Waals surface area contributed by atoms with Gasteiger partial charge >= 0.3 is 6.03 Å². The van der Waals surface area contributed by atoms with E-state index in [4.69, 9.17) is 4.74 Å². The lowest BCUT2D eigenvalue weighted by molar-refractivity contribution is 0.242. The Kier molecular flexibility index (Phi) is 5.77.